The number of hydrogen-bond acceptors (Lipinski definition) is 3. The van der Waals surface area contributed by atoms with E-state index in [0.717, 1.165) is 5.69 Å². The number of nitrogens with zero attached hydrogens (tertiary/aromatic N) is 4. The third-order valence-corrected chi connectivity index (χ3v) is 4.12. The van der Waals surface area contributed by atoms with E-state index in [1.807, 2.05) is 30.3 Å². The summed E-state index contributed by atoms with van der Waals surface area (Å²) in [5, 5.41) is 5.35. The lowest BCUT2D eigenvalue weighted by atomic mass is 10.3. The predicted octanol–water partition coefficient (Wildman–Crippen LogP) is 3.88. The maximum absolute atomic E-state index is 12.8. The topological polar surface area (TPSA) is 52.7 Å². The Balaban J connectivity index is 1.94. The lowest BCUT2D eigenvalue weighted by Crippen LogP contribution is -2.19. The fourth-order valence-corrected chi connectivity index (χ4v) is 2.85. The quantitative estimate of drug-likeness (QED) is 0.512. The highest BCUT2D eigenvalue weighted by molar-refractivity contribution is 6.30. The molecule has 7 heteroatoms. The van der Waals surface area contributed by atoms with Gasteiger partial charge < -0.3 is 0 Å². The Labute approximate surface area is 146 Å². The first-order valence-electron chi connectivity index (χ1n) is 7.13. The van der Waals surface area contributed by atoms with Gasteiger partial charge in [0.2, 0.25) is 5.28 Å². The lowest BCUT2D eigenvalue weighted by Gasteiger charge is -2.07. The first kappa shape index (κ1) is 14.9. The normalized spacial score (nSPS) is 11.1. The van der Waals surface area contributed by atoms with Crippen LogP contribution in [0.2, 0.25) is 10.3 Å². The zero-order chi connectivity index (χ0) is 16.7. The summed E-state index contributed by atoms with van der Waals surface area (Å²) in [6.07, 6.45) is 1.66. The summed E-state index contributed by atoms with van der Waals surface area (Å²) in [6.45, 7) is 0. The van der Waals surface area contributed by atoms with Gasteiger partial charge in [-0.05, 0) is 48.0 Å². The third-order valence-electron chi connectivity index (χ3n) is 3.62. The average molecular weight is 357 g/mol. The molecule has 0 saturated carbocycles. The molecule has 0 saturated heterocycles. The summed E-state index contributed by atoms with van der Waals surface area (Å²) in [6, 6.07) is 16.3. The van der Waals surface area contributed by atoms with Crippen LogP contribution in [0.15, 0.2) is 65.6 Å². The van der Waals surface area contributed by atoms with E-state index in [9.17, 15) is 4.79 Å². The minimum atomic E-state index is -0.283. The lowest BCUT2D eigenvalue weighted by molar-refractivity contribution is 0.887. The van der Waals surface area contributed by atoms with E-state index in [-0.39, 0.29) is 10.8 Å². The van der Waals surface area contributed by atoms with Crippen LogP contribution in [-0.4, -0.2) is 19.3 Å². The van der Waals surface area contributed by atoms with Gasteiger partial charge in [0.05, 0.1) is 11.4 Å². The Morgan fingerprint density at radius 2 is 1.58 bits per heavy atom. The number of halogens is 2. The van der Waals surface area contributed by atoms with Crippen LogP contribution in [0.3, 0.4) is 0 Å². The van der Waals surface area contributed by atoms with Gasteiger partial charge in [0, 0.05) is 11.2 Å². The van der Waals surface area contributed by atoms with Crippen molar-refractivity contribution >= 4 is 34.2 Å². The van der Waals surface area contributed by atoms with Crippen LogP contribution in [0.4, 0.5) is 0 Å². The van der Waals surface area contributed by atoms with Crippen molar-refractivity contribution in [3.63, 3.8) is 0 Å². The molecule has 0 atom stereocenters. The summed E-state index contributed by atoms with van der Waals surface area (Å²) in [7, 11) is 0. The van der Waals surface area contributed by atoms with E-state index in [0.29, 0.717) is 21.7 Å². The largest absolute Gasteiger partial charge is 0.270 e. The minimum absolute atomic E-state index is 0.0492. The Kier molecular flexibility index (Phi) is 3.59. The van der Waals surface area contributed by atoms with E-state index < -0.39 is 0 Å². The van der Waals surface area contributed by atoms with Crippen molar-refractivity contribution in [3.05, 3.63) is 81.5 Å². The molecule has 0 fully saturated rings. The Morgan fingerprint density at radius 1 is 0.875 bits per heavy atom. The van der Waals surface area contributed by atoms with Crippen molar-refractivity contribution in [2.24, 2.45) is 0 Å². The van der Waals surface area contributed by atoms with Crippen molar-refractivity contribution in [3.8, 4) is 11.4 Å². The molecule has 0 amide bonds. The maximum Gasteiger partial charge on any atom is 0.270 e. The second-order valence-corrected chi connectivity index (χ2v) is 5.92. The molecule has 0 unspecified atom stereocenters. The monoisotopic (exact) mass is 356 g/mol. The number of fused-ring (bicyclic) bond motifs is 1. The molecule has 5 nitrogen and oxygen atoms in total. The van der Waals surface area contributed by atoms with Crippen molar-refractivity contribution < 1.29 is 0 Å². The standard InChI is InChI=1S/C17H10Cl2N4O/c18-11-6-8-13(9-7-11)23-16(24)14-10-22(12-4-2-1-3-5-12)21-15(14)20-17(23)19/h1-10H. The van der Waals surface area contributed by atoms with Gasteiger partial charge in [0.15, 0.2) is 5.65 Å². The van der Waals surface area contributed by atoms with Gasteiger partial charge >= 0.3 is 0 Å². The molecule has 0 N–H and O–H groups in total. The Hall–Kier alpha value is -2.63. The number of para-hydroxylation sites is 1. The number of aromatic nitrogens is 4. The first-order chi connectivity index (χ1) is 11.6. The zero-order valence-corrected chi connectivity index (χ0v) is 13.7. The second-order valence-electron chi connectivity index (χ2n) is 5.14. The molecule has 0 bridgehead atoms. The Morgan fingerprint density at radius 3 is 2.29 bits per heavy atom. The van der Waals surface area contributed by atoms with E-state index in [1.165, 1.54) is 4.57 Å². The summed E-state index contributed by atoms with van der Waals surface area (Å²) >= 11 is 12.1. The van der Waals surface area contributed by atoms with E-state index in [2.05, 4.69) is 10.1 Å². The van der Waals surface area contributed by atoms with Gasteiger partial charge in [0.1, 0.15) is 5.39 Å². The van der Waals surface area contributed by atoms with E-state index >= 15 is 0 Å². The zero-order valence-electron chi connectivity index (χ0n) is 12.2. The van der Waals surface area contributed by atoms with Gasteiger partial charge in [-0.1, -0.05) is 29.8 Å². The van der Waals surface area contributed by atoms with Gasteiger partial charge in [-0.3, -0.25) is 9.36 Å². The highest BCUT2D eigenvalue weighted by Gasteiger charge is 2.14. The molecule has 2 aromatic carbocycles. The minimum Gasteiger partial charge on any atom is -0.268 e. The Bertz CT molecular complexity index is 1090. The maximum atomic E-state index is 12.8. The summed E-state index contributed by atoms with van der Waals surface area (Å²) in [5.41, 5.74) is 1.45. The third kappa shape index (κ3) is 2.48. The average Bonchev–Trinajstić information content (AvgIpc) is 3.02. The molecular formula is C17H10Cl2N4O. The number of rotatable bonds is 2. The van der Waals surface area contributed by atoms with Crippen LogP contribution in [-0.2, 0) is 0 Å². The van der Waals surface area contributed by atoms with Crippen molar-refractivity contribution in [1.82, 2.24) is 19.3 Å². The van der Waals surface area contributed by atoms with Gasteiger partial charge in [-0.2, -0.15) is 4.98 Å². The van der Waals surface area contributed by atoms with Crippen LogP contribution in [0.1, 0.15) is 0 Å². The van der Waals surface area contributed by atoms with Gasteiger partial charge in [-0.15, -0.1) is 5.10 Å². The van der Waals surface area contributed by atoms with Crippen molar-refractivity contribution in [2.45, 2.75) is 0 Å². The molecule has 0 spiro atoms. The second kappa shape index (κ2) is 5.78. The van der Waals surface area contributed by atoms with E-state index in [4.69, 9.17) is 23.2 Å². The van der Waals surface area contributed by atoms with Gasteiger partial charge in [0.25, 0.3) is 5.56 Å². The van der Waals surface area contributed by atoms with Gasteiger partial charge in [-0.25, -0.2) is 4.68 Å². The van der Waals surface area contributed by atoms with Crippen LogP contribution in [0.5, 0.6) is 0 Å². The molecule has 4 rings (SSSR count). The highest BCUT2D eigenvalue weighted by atomic mass is 35.5. The molecule has 0 radical (unpaired) electrons. The molecule has 2 heterocycles. The SMILES string of the molecule is O=c1c2cn(-c3ccccc3)nc2nc(Cl)n1-c1ccc(Cl)cc1. The van der Waals surface area contributed by atoms with Crippen molar-refractivity contribution in [2.75, 3.05) is 0 Å². The fourth-order valence-electron chi connectivity index (χ4n) is 2.47. The molecule has 2 aromatic heterocycles. The summed E-state index contributed by atoms with van der Waals surface area (Å²) in [5.74, 6) is 0. The van der Waals surface area contributed by atoms with Crippen molar-refractivity contribution in [1.29, 1.82) is 0 Å². The summed E-state index contributed by atoms with van der Waals surface area (Å²) < 4.78 is 2.94. The first-order valence-corrected chi connectivity index (χ1v) is 7.88. The molecule has 0 aliphatic heterocycles. The highest BCUT2D eigenvalue weighted by Crippen LogP contribution is 2.18. The molecular weight excluding hydrogens is 347 g/mol. The number of hydrogen-bond donors (Lipinski definition) is 0. The van der Waals surface area contributed by atoms with Crippen LogP contribution < -0.4 is 5.56 Å². The summed E-state index contributed by atoms with van der Waals surface area (Å²) in [4.78, 5) is 17.1. The molecule has 24 heavy (non-hydrogen) atoms. The smallest absolute Gasteiger partial charge is 0.268 e. The van der Waals surface area contributed by atoms with Crippen LogP contribution >= 0.6 is 23.2 Å². The molecule has 118 valence electrons. The molecule has 4 aromatic rings. The van der Waals surface area contributed by atoms with E-state index in [1.54, 1.807) is 35.1 Å². The molecule has 0 aliphatic rings. The van der Waals surface area contributed by atoms with Crippen LogP contribution in [0, 0.1) is 0 Å². The van der Waals surface area contributed by atoms with Crippen LogP contribution in [0.25, 0.3) is 22.4 Å². The predicted molar refractivity (Wildman–Crippen MR) is 94.5 cm³/mol. The number of benzene rings is 2. The fraction of sp³-hybridized carbons (Fsp3) is 0. The molecule has 0 aliphatic carbocycles.